The van der Waals surface area contributed by atoms with E-state index in [-0.39, 0.29) is 30.4 Å². The molecule has 0 saturated heterocycles. The summed E-state index contributed by atoms with van der Waals surface area (Å²) >= 11 is 0. The van der Waals surface area contributed by atoms with Gasteiger partial charge < -0.3 is 10.0 Å². The van der Waals surface area contributed by atoms with Crippen LogP contribution in [0.1, 0.15) is 25.0 Å². The molecular formula is C20H20F2N2O. The van der Waals surface area contributed by atoms with E-state index in [0.717, 1.165) is 16.8 Å². The van der Waals surface area contributed by atoms with Gasteiger partial charge in [0.25, 0.3) is 0 Å². The summed E-state index contributed by atoms with van der Waals surface area (Å²) in [6.07, 6.45) is 1.57. The lowest BCUT2D eigenvalue weighted by atomic mass is 9.99. The summed E-state index contributed by atoms with van der Waals surface area (Å²) in [5.74, 6) is -0.476. The number of rotatable bonds is 4. The Labute approximate surface area is 145 Å². The molecule has 1 aliphatic heterocycles. The summed E-state index contributed by atoms with van der Waals surface area (Å²) in [5.41, 5.74) is 3.05. The molecule has 2 aromatic carbocycles. The third kappa shape index (κ3) is 3.61. The highest BCUT2D eigenvalue weighted by Gasteiger charge is 2.28. The first kappa shape index (κ1) is 17.3. The Morgan fingerprint density at radius 3 is 1.96 bits per heavy atom. The molecule has 0 spiro atoms. The molecule has 5 heteroatoms. The van der Waals surface area contributed by atoms with Crippen LogP contribution in [0.3, 0.4) is 0 Å². The van der Waals surface area contributed by atoms with Crippen LogP contribution in [0.4, 0.5) is 8.78 Å². The Kier molecular flexibility index (Phi) is 4.95. The maximum absolute atomic E-state index is 13.3. The molecule has 0 bridgehead atoms. The van der Waals surface area contributed by atoms with Crippen molar-refractivity contribution in [3.8, 4) is 0 Å². The van der Waals surface area contributed by atoms with E-state index < -0.39 is 0 Å². The third-order valence-electron chi connectivity index (χ3n) is 4.20. The van der Waals surface area contributed by atoms with Gasteiger partial charge in [-0.2, -0.15) is 0 Å². The zero-order valence-corrected chi connectivity index (χ0v) is 14.2. The number of benzene rings is 2. The van der Waals surface area contributed by atoms with E-state index >= 15 is 0 Å². The summed E-state index contributed by atoms with van der Waals surface area (Å²) in [6, 6.07) is 12.3. The number of allylic oxidation sites excluding steroid dienone is 1. The van der Waals surface area contributed by atoms with Gasteiger partial charge in [-0.1, -0.05) is 13.8 Å². The van der Waals surface area contributed by atoms with Crippen molar-refractivity contribution in [1.29, 1.82) is 0 Å². The monoisotopic (exact) mass is 342 g/mol. The highest BCUT2D eigenvalue weighted by molar-refractivity contribution is 6.12. The highest BCUT2D eigenvalue weighted by atomic mass is 19.1. The van der Waals surface area contributed by atoms with Crippen LogP contribution in [0.5, 0.6) is 0 Å². The third-order valence-corrected chi connectivity index (χ3v) is 4.20. The lowest BCUT2D eigenvalue weighted by Crippen LogP contribution is -2.40. The Morgan fingerprint density at radius 1 is 0.960 bits per heavy atom. The molecule has 2 aromatic rings. The van der Waals surface area contributed by atoms with E-state index in [4.69, 9.17) is 4.99 Å². The molecule has 0 saturated carbocycles. The number of aliphatic imine (C=N–C) groups is 1. The predicted molar refractivity (Wildman–Crippen MR) is 94.9 cm³/mol. The van der Waals surface area contributed by atoms with Crippen LogP contribution >= 0.6 is 0 Å². The van der Waals surface area contributed by atoms with Crippen LogP contribution in [0.2, 0.25) is 0 Å². The fourth-order valence-electron chi connectivity index (χ4n) is 2.92. The topological polar surface area (TPSA) is 35.8 Å². The fourth-order valence-corrected chi connectivity index (χ4v) is 2.92. The van der Waals surface area contributed by atoms with E-state index in [1.165, 1.54) is 24.3 Å². The molecule has 25 heavy (non-hydrogen) atoms. The second-order valence-electron chi connectivity index (χ2n) is 6.33. The molecule has 3 rings (SSSR count). The van der Waals surface area contributed by atoms with Crippen LogP contribution < -0.4 is 0 Å². The lowest BCUT2D eigenvalue weighted by molar-refractivity contribution is 0.105. The van der Waals surface area contributed by atoms with Gasteiger partial charge >= 0.3 is 0 Å². The molecule has 1 aliphatic rings. The minimum Gasteiger partial charge on any atom is -0.376 e. The van der Waals surface area contributed by atoms with Gasteiger partial charge in [-0.15, -0.1) is 0 Å². The first-order valence-corrected chi connectivity index (χ1v) is 8.18. The number of aliphatic hydroxyl groups excluding tert-OH is 1. The smallest absolute Gasteiger partial charge is 0.126 e. The van der Waals surface area contributed by atoms with Crippen LogP contribution in [-0.4, -0.2) is 28.6 Å². The van der Waals surface area contributed by atoms with Crippen LogP contribution in [0, 0.1) is 17.6 Å². The Bertz CT molecular complexity index is 795. The summed E-state index contributed by atoms with van der Waals surface area (Å²) < 4.78 is 26.5. The first-order valence-electron chi connectivity index (χ1n) is 8.18. The van der Waals surface area contributed by atoms with Crippen LogP contribution in [0.15, 0.2) is 59.6 Å². The molecule has 3 nitrogen and oxygen atoms in total. The number of aliphatic hydroxyl groups is 1. The van der Waals surface area contributed by atoms with Gasteiger partial charge in [0.15, 0.2) is 0 Å². The van der Waals surface area contributed by atoms with Gasteiger partial charge in [-0.25, -0.2) is 8.78 Å². The lowest BCUT2D eigenvalue weighted by Gasteiger charge is -2.37. The first-order chi connectivity index (χ1) is 12.0. The predicted octanol–water partition coefficient (Wildman–Crippen LogP) is 4.04. The van der Waals surface area contributed by atoms with Crippen molar-refractivity contribution in [2.45, 2.75) is 20.0 Å². The standard InChI is InChI=1S/C20H20F2N2O/c1-13(2)20-23-18(14-3-7-16(21)8-4-14)11-19(24(20)12-25)15-5-9-17(22)10-6-15/h3-11,13,20,25H,12H2,1-2H3. The van der Waals surface area contributed by atoms with E-state index in [0.29, 0.717) is 5.71 Å². The number of hydrogen-bond donors (Lipinski definition) is 1. The van der Waals surface area contributed by atoms with Crippen molar-refractivity contribution in [3.63, 3.8) is 0 Å². The molecule has 1 unspecified atom stereocenters. The molecule has 1 N–H and O–H groups in total. The highest BCUT2D eigenvalue weighted by Crippen LogP contribution is 2.30. The second-order valence-corrected chi connectivity index (χ2v) is 6.33. The van der Waals surface area contributed by atoms with Crippen molar-refractivity contribution >= 4 is 11.4 Å². The Morgan fingerprint density at radius 2 is 1.48 bits per heavy atom. The largest absolute Gasteiger partial charge is 0.376 e. The van der Waals surface area contributed by atoms with Crippen molar-refractivity contribution < 1.29 is 13.9 Å². The van der Waals surface area contributed by atoms with Crippen molar-refractivity contribution in [2.75, 3.05) is 6.73 Å². The van der Waals surface area contributed by atoms with Crippen molar-refractivity contribution in [2.24, 2.45) is 10.9 Å². The van der Waals surface area contributed by atoms with Gasteiger partial charge in [0.1, 0.15) is 24.5 Å². The fraction of sp³-hybridized carbons (Fsp3) is 0.250. The van der Waals surface area contributed by atoms with Gasteiger partial charge in [-0.05, 0) is 66.1 Å². The molecule has 0 aliphatic carbocycles. The Balaban J connectivity index is 2.10. The zero-order chi connectivity index (χ0) is 18.0. The minimum absolute atomic E-state index is 0.145. The average molecular weight is 342 g/mol. The molecule has 1 heterocycles. The molecule has 130 valence electrons. The minimum atomic E-state index is -0.316. The van der Waals surface area contributed by atoms with Crippen molar-refractivity contribution in [3.05, 3.63) is 77.4 Å². The number of hydrogen-bond acceptors (Lipinski definition) is 3. The van der Waals surface area contributed by atoms with Gasteiger partial charge in [0.05, 0.1) is 5.71 Å². The molecular weight excluding hydrogens is 322 g/mol. The molecule has 1 atom stereocenters. The summed E-state index contributed by atoms with van der Waals surface area (Å²) in [7, 11) is 0. The Hall–Kier alpha value is -2.53. The quantitative estimate of drug-likeness (QED) is 0.910. The van der Waals surface area contributed by atoms with Gasteiger partial charge in [0.2, 0.25) is 0 Å². The second kappa shape index (κ2) is 7.15. The summed E-state index contributed by atoms with van der Waals surface area (Å²) in [4.78, 5) is 6.52. The van der Waals surface area contributed by atoms with E-state index in [9.17, 15) is 13.9 Å². The molecule has 0 amide bonds. The SMILES string of the molecule is CC(C)C1N=C(c2ccc(F)cc2)C=C(c2ccc(F)cc2)N1CO. The molecule has 0 radical (unpaired) electrons. The van der Waals surface area contributed by atoms with E-state index in [2.05, 4.69) is 0 Å². The van der Waals surface area contributed by atoms with E-state index in [1.807, 2.05) is 19.9 Å². The molecule has 0 fully saturated rings. The van der Waals surface area contributed by atoms with E-state index in [1.54, 1.807) is 29.2 Å². The number of nitrogens with zero attached hydrogens (tertiary/aromatic N) is 2. The zero-order valence-electron chi connectivity index (χ0n) is 14.2. The van der Waals surface area contributed by atoms with Crippen molar-refractivity contribution in [1.82, 2.24) is 4.90 Å². The maximum Gasteiger partial charge on any atom is 0.126 e. The average Bonchev–Trinajstić information content (AvgIpc) is 2.62. The summed E-state index contributed by atoms with van der Waals surface area (Å²) in [6.45, 7) is 3.84. The van der Waals surface area contributed by atoms with Gasteiger partial charge in [-0.3, -0.25) is 4.99 Å². The van der Waals surface area contributed by atoms with Gasteiger partial charge in [0, 0.05) is 11.3 Å². The number of halogens is 2. The maximum atomic E-state index is 13.3. The normalized spacial score (nSPS) is 17.5. The van der Waals surface area contributed by atoms with Crippen LogP contribution in [-0.2, 0) is 0 Å². The van der Waals surface area contributed by atoms with Crippen LogP contribution in [0.25, 0.3) is 5.70 Å². The molecule has 0 aromatic heterocycles. The summed E-state index contributed by atoms with van der Waals surface area (Å²) in [5, 5.41) is 9.88.